The van der Waals surface area contributed by atoms with Crippen molar-refractivity contribution >= 4 is 23.3 Å². The van der Waals surface area contributed by atoms with Gasteiger partial charge in [-0.15, -0.1) is 11.3 Å². The Kier molecular flexibility index (Phi) is 3.53. The Labute approximate surface area is 108 Å². The van der Waals surface area contributed by atoms with E-state index in [1.165, 1.54) is 23.5 Å². The molecule has 1 aromatic heterocycles. The van der Waals surface area contributed by atoms with E-state index in [0.29, 0.717) is 10.6 Å². The molecule has 0 aliphatic heterocycles. The molecule has 0 spiro atoms. The van der Waals surface area contributed by atoms with Crippen molar-refractivity contribution in [2.24, 2.45) is 5.73 Å². The molecule has 92 valence electrons. The third-order valence-corrected chi connectivity index (χ3v) is 3.18. The summed E-state index contributed by atoms with van der Waals surface area (Å²) in [6, 6.07) is 6.11. The minimum absolute atomic E-state index is 0.279. The first-order chi connectivity index (χ1) is 8.56. The van der Waals surface area contributed by atoms with E-state index in [1.54, 1.807) is 25.1 Å². The van der Waals surface area contributed by atoms with Gasteiger partial charge in [0.25, 0.3) is 0 Å². The maximum absolute atomic E-state index is 12.8. The van der Waals surface area contributed by atoms with Gasteiger partial charge in [-0.05, 0) is 37.3 Å². The lowest BCUT2D eigenvalue weighted by molar-refractivity contribution is -0.114. The van der Waals surface area contributed by atoms with Crippen LogP contribution in [-0.4, -0.2) is 10.9 Å². The number of carbonyl (C=O) groups is 1. The summed E-state index contributed by atoms with van der Waals surface area (Å²) in [7, 11) is 0. The summed E-state index contributed by atoms with van der Waals surface area (Å²) in [6.45, 7) is 1.64. The predicted octanol–water partition coefficient (Wildman–Crippen LogP) is 2.84. The van der Waals surface area contributed by atoms with Crippen LogP contribution in [0.2, 0.25) is 0 Å². The monoisotopic (exact) mass is 262 g/mol. The molecule has 1 aromatic carbocycles. The molecule has 0 atom stereocenters. The fourth-order valence-corrected chi connectivity index (χ4v) is 2.18. The van der Waals surface area contributed by atoms with Crippen molar-refractivity contribution in [2.45, 2.75) is 6.92 Å². The van der Waals surface area contributed by atoms with Gasteiger partial charge in [-0.3, -0.25) is 4.79 Å². The van der Waals surface area contributed by atoms with E-state index in [0.717, 1.165) is 11.3 Å². The van der Waals surface area contributed by atoms with Gasteiger partial charge in [-0.1, -0.05) is 0 Å². The number of hydrogen-bond donors (Lipinski definition) is 1. The van der Waals surface area contributed by atoms with Gasteiger partial charge >= 0.3 is 0 Å². The van der Waals surface area contributed by atoms with Crippen LogP contribution < -0.4 is 5.73 Å². The topological polar surface area (TPSA) is 56.0 Å². The summed E-state index contributed by atoms with van der Waals surface area (Å²) in [4.78, 5) is 15.3. The highest BCUT2D eigenvalue weighted by molar-refractivity contribution is 7.10. The van der Waals surface area contributed by atoms with Crippen LogP contribution in [0.4, 0.5) is 4.39 Å². The van der Waals surface area contributed by atoms with Crippen molar-refractivity contribution < 1.29 is 9.18 Å². The fraction of sp³-hybridized carbons (Fsp3) is 0.0769. The average molecular weight is 262 g/mol. The molecule has 3 nitrogen and oxygen atoms in total. The van der Waals surface area contributed by atoms with E-state index in [2.05, 4.69) is 4.98 Å². The van der Waals surface area contributed by atoms with Crippen LogP contribution in [0.15, 0.2) is 35.2 Å². The molecular weight excluding hydrogens is 251 g/mol. The molecule has 1 heterocycles. The number of aromatic nitrogens is 1. The van der Waals surface area contributed by atoms with Crippen LogP contribution in [0.5, 0.6) is 0 Å². The Balaban J connectivity index is 2.28. The van der Waals surface area contributed by atoms with Gasteiger partial charge in [-0.25, -0.2) is 9.37 Å². The van der Waals surface area contributed by atoms with Gasteiger partial charge in [0.1, 0.15) is 10.8 Å². The van der Waals surface area contributed by atoms with Gasteiger partial charge in [-0.2, -0.15) is 0 Å². The highest BCUT2D eigenvalue weighted by Gasteiger charge is 2.05. The second-order valence-corrected chi connectivity index (χ2v) is 4.66. The molecule has 0 aliphatic rings. The number of halogens is 1. The molecule has 0 aliphatic carbocycles. The van der Waals surface area contributed by atoms with Crippen molar-refractivity contribution in [1.29, 1.82) is 0 Å². The third-order valence-electron chi connectivity index (χ3n) is 2.39. The fourth-order valence-electron chi connectivity index (χ4n) is 1.36. The van der Waals surface area contributed by atoms with Crippen LogP contribution in [0.25, 0.3) is 17.3 Å². The summed E-state index contributed by atoms with van der Waals surface area (Å²) in [6.07, 6.45) is 1.64. The number of carbonyl (C=O) groups excluding carboxylic acids is 1. The lowest BCUT2D eigenvalue weighted by atomic mass is 10.2. The Bertz CT molecular complexity index is 602. The second kappa shape index (κ2) is 5.10. The Morgan fingerprint density at radius 1 is 1.39 bits per heavy atom. The zero-order chi connectivity index (χ0) is 13.1. The van der Waals surface area contributed by atoms with Crippen LogP contribution >= 0.6 is 11.3 Å². The van der Waals surface area contributed by atoms with E-state index in [1.807, 2.05) is 5.38 Å². The molecule has 0 fully saturated rings. The van der Waals surface area contributed by atoms with Crippen molar-refractivity contribution in [2.75, 3.05) is 0 Å². The molecule has 5 heteroatoms. The van der Waals surface area contributed by atoms with Gasteiger partial charge in [0.05, 0.1) is 5.69 Å². The minimum atomic E-state index is -0.464. The normalized spacial score (nSPS) is 11.6. The number of amides is 1. The number of primary amides is 1. The molecule has 2 aromatic rings. The molecule has 0 saturated carbocycles. The lowest BCUT2D eigenvalue weighted by Crippen LogP contribution is -2.11. The van der Waals surface area contributed by atoms with Gasteiger partial charge < -0.3 is 5.73 Å². The van der Waals surface area contributed by atoms with Crippen LogP contribution in [0.1, 0.15) is 11.9 Å². The molecule has 2 N–H and O–H groups in total. The largest absolute Gasteiger partial charge is 0.366 e. The van der Waals surface area contributed by atoms with Crippen LogP contribution in [0, 0.1) is 5.82 Å². The number of nitrogens with zero attached hydrogens (tertiary/aromatic N) is 1. The summed E-state index contributed by atoms with van der Waals surface area (Å²) in [5.74, 6) is -0.743. The first kappa shape index (κ1) is 12.4. The zero-order valence-corrected chi connectivity index (χ0v) is 10.5. The molecule has 0 unspecified atom stereocenters. The van der Waals surface area contributed by atoms with Crippen molar-refractivity contribution in [1.82, 2.24) is 4.98 Å². The Morgan fingerprint density at radius 2 is 2.06 bits per heavy atom. The second-order valence-electron chi connectivity index (χ2n) is 3.77. The quantitative estimate of drug-likeness (QED) is 0.865. The number of nitrogens with two attached hydrogens (primary N) is 1. The maximum Gasteiger partial charge on any atom is 0.244 e. The number of hydrogen-bond acceptors (Lipinski definition) is 3. The average Bonchev–Trinajstić information content (AvgIpc) is 2.78. The minimum Gasteiger partial charge on any atom is -0.366 e. The zero-order valence-electron chi connectivity index (χ0n) is 9.68. The summed E-state index contributed by atoms with van der Waals surface area (Å²) in [5, 5.41) is 2.55. The van der Waals surface area contributed by atoms with E-state index >= 15 is 0 Å². The van der Waals surface area contributed by atoms with Crippen molar-refractivity contribution in [3.63, 3.8) is 0 Å². The van der Waals surface area contributed by atoms with Crippen molar-refractivity contribution in [3.8, 4) is 11.3 Å². The van der Waals surface area contributed by atoms with E-state index < -0.39 is 5.91 Å². The molecule has 1 amide bonds. The summed E-state index contributed by atoms with van der Waals surface area (Å²) in [5.41, 5.74) is 7.19. The molecule has 2 rings (SSSR count). The standard InChI is InChI=1S/C13H11FN2OS/c1-8(13(15)17)6-12-16-11(7-18-12)9-2-4-10(14)5-3-9/h2-7H,1H3,(H2,15,17)/b8-6+. The summed E-state index contributed by atoms with van der Waals surface area (Å²) < 4.78 is 12.8. The highest BCUT2D eigenvalue weighted by Crippen LogP contribution is 2.23. The number of rotatable bonds is 3. The number of thiazole rings is 1. The highest BCUT2D eigenvalue weighted by atomic mass is 32.1. The van der Waals surface area contributed by atoms with Gasteiger partial charge in [0, 0.05) is 16.5 Å². The molecule has 0 saturated heterocycles. The Morgan fingerprint density at radius 3 is 2.67 bits per heavy atom. The third kappa shape index (κ3) is 2.81. The smallest absolute Gasteiger partial charge is 0.244 e. The van der Waals surface area contributed by atoms with E-state index in [9.17, 15) is 9.18 Å². The number of benzene rings is 1. The van der Waals surface area contributed by atoms with E-state index in [4.69, 9.17) is 5.73 Å². The predicted molar refractivity (Wildman–Crippen MR) is 70.4 cm³/mol. The molecule has 0 radical (unpaired) electrons. The van der Waals surface area contributed by atoms with Crippen molar-refractivity contribution in [3.05, 3.63) is 46.0 Å². The van der Waals surface area contributed by atoms with Gasteiger partial charge in [0.15, 0.2) is 0 Å². The Hall–Kier alpha value is -2.01. The summed E-state index contributed by atoms with van der Waals surface area (Å²) >= 11 is 1.41. The SMILES string of the molecule is C/C(=C\c1nc(-c2ccc(F)cc2)cs1)C(N)=O. The molecule has 18 heavy (non-hydrogen) atoms. The molecule has 0 bridgehead atoms. The maximum atomic E-state index is 12.8. The van der Waals surface area contributed by atoms with E-state index in [-0.39, 0.29) is 5.82 Å². The van der Waals surface area contributed by atoms with Gasteiger partial charge in [0.2, 0.25) is 5.91 Å². The lowest BCUT2D eigenvalue weighted by Gasteiger charge is -1.95. The first-order valence-corrected chi connectivity index (χ1v) is 6.14. The van der Waals surface area contributed by atoms with Crippen LogP contribution in [-0.2, 0) is 4.79 Å². The van der Waals surface area contributed by atoms with Crippen LogP contribution in [0.3, 0.4) is 0 Å². The first-order valence-electron chi connectivity index (χ1n) is 5.26. The molecular formula is C13H11FN2OS.